The molecule has 2 N–H and O–H groups in total. The van der Waals surface area contributed by atoms with Crippen molar-refractivity contribution in [3.8, 4) is 17.2 Å². The highest BCUT2D eigenvalue weighted by atomic mass is 16.5. The number of ether oxygens (including phenoxy) is 1. The SMILES string of the molecule is CC(=O)Oc1ccc(O)c(C[C@@]2(C)C3CCC=C(C)[C@@]3(C)CC[C@@H]2C)c1O. The van der Waals surface area contributed by atoms with Crippen LogP contribution in [0.3, 0.4) is 0 Å². The van der Waals surface area contributed by atoms with E-state index in [1.54, 1.807) is 0 Å². The van der Waals surface area contributed by atoms with Gasteiger partial charge in [-0.2, -0.15) is 0 Å². The Morgan fingerprint density at radius 3 is 2.63 bits per heavy atom. The van der Waals surface area contributed by atoms with E-state index in [1.165, 1.54) is 31.1 Å². The molecule has 0 aromatic heterocycles. The van der Waals surface area contributed by atoms with E-state index < -0.39 is 5.97 Å². The summed E-state index contributed by atoms with van der Waals surface area (Å²) >= 11 is 0. The van der Waals surface area contributed by atoms with Gasteiger partial charge in [0, 0.05) is 12.5 Å². The van der Waals surface area contributed by atoms with Crippen molar-refractivity contribution < 1.29 is 19.7 Å². The van der Waals surface area contributed by atoms with Crippen LogP contribution in [0.4, 0.5) is 0 Å². The van der Waals surface area contributed by atoms with Crippen molar-refractivity contribution in [2.45, 2.75) is 66.7 Å². The number of phenols is 2. The summed E-state index contributed by atoms with van der Waals surface area (Å²) in [5.74, 6) is 0.526. The summed E-state index contributed by atoms with van der Waals surface area (Å²) in [5.41, 5.74) is 2.06. The first kappa shape index (κ1) is 19.8. The zero-order chi connectivity index (χ0) is 20.0. The minimum absolute atomic E-state index is 0.0622. The van der Waals surface area contributed by atoms with Crippen LogP contribution in [0.2, 0.25) is 0 Å². The molecule has 4 nitrogen and oxygen atoms in total. The summed E-state index contributed by atoms with van der Waals surface area (Å²) in [6, 6.07) is 2.95. The zero-order valence-corrected chi connectivity index (χ0v) is 17.1. The van der Waals surface area contributed by atoms with Crippen molar-refractivity contribution in [2.75, 3.05) is 0 Å². The van der Waals surface area contributed by atoms with Gasteiger partial charge in [-0.1, -0.05) is 32.4 Å². The van der Waals surface area contributed by atoms with Crippen molar-refractivity contribution >= 4 is 5.97 Å². The number of hydrogen-bond donors (Lipinski definition) is 2. The van der Waals surface area contributed by atoms with Crippen LogP contribution in [0.1, 0.15) is 65.9 Å². The third kappa shape index (κ3) is 3.24. The van der Waals surface area contributed by atoms with Crippen LogP contribution in [-0.4, -0.2) is 16.2 Å². The maximum absolute atomic E-state index is 11.3. The molecule has 1 unspecified atom stereocenters. The largest absolute Gasteiger partial charge is 0.508 e. The van der Waals surface area contributed by atoms with E-state index >= 15 is 0 Å². The van der Waals surface area contributed by atoms with Gasteiger partial charge < -0.3 is 14.9 Å². The second-order valence-electron chi connectivity index (χ2n) is 9.06. The number of phenolic OH excluding ortho intramolecular Hbond substituents is 2. The van der Waals surface area contributed by atoms with E-state index in [1.807, 2.05) is 0 Å². The van der Waals surface area contributed by atoms with Gasteiger partial charge in [-0.3, -0.25) is 4.79 Å². The highest BCUT2D eigenvalue weighted by Gasteiger charge is 2.53. The van der Waals surface area contributed by atoms with Gasteiger partial charge in [-0.05, 0) is 73.8 Å². The van der Waals surface area contributed by atoms with Crippen molar-refractivity contribution in [1.29, 1.82) is 0 Å². The first-order valence-electron chi connectivity index (χ1n) is 9.99. The zero-order valence-electron chi connectivity index (χ0n) is 17.1. The molecular weight excluding hydrogens is 340 g/mol. The van der Waals surface area contributed by atoms with Crippen LogP contribution < -0.4 is 4.74 Å². The number of carbonyl (C=O) groups excluding carboxylic acids is 1. The molecule has 3 rings (SSSR count). The molecule has 0 heterocycles. The Bertz CT molecular complexity index is 781. The highest BCUT2D eigenvalue weighted by molar-refractivity contribution is 5.71. The van der Waals surface area contributed by atoms with Crippen LogP contribution >= 0.6 is 0 Å². The second-order valence-corrected chi connectivity index (χ2v) is 9.06. The summed E-state index contributed by atoms with van der Waals surface area (Å²) < 4.78 is 5.12. The Morgan fingerprint density at radius 1 is 1.26 bits per heavy atom. The van der Waals surface area contributed by atoms with Gasteiger partial charge in [0.1, 0.15) is 5.75 Å². The molecule has 1 saturated carbocycles. The lowest BCUT2D eigenvalue weighted by Gasteiger charge is -2.58. The van der Waals surface area contributed by atoms with E-state index in [9.17, 15) is 15.0 Å². The van der Waals surface area contributed by atoms with E-state index in [2.05, 4.69) is 33.8 Å². The summed E-state index contributed by atoms with van der Waals surface area (Å²) in [4.78, 5) is 11.3. The lowest BCUT2D eigenvalue weighted by molar-refractivity contribution is -0.132. The first-order chi connectivity index (χ1) is 12.6. The molecular formula is C23H32O4. The lowest BCUT2D eigenvalue weighted by atomic mass is 9.47. The van der Waals surface area contributed by atoms with Gasteiger partial charge in [0.2, 0.25) is 0 Å². The Kier molecular flexibility index (Phi) is 5.04. The third-order valence-electron chi connectivity index (χ3n) is 7.63. The fourth-order valence-corrected chi connectivity index (χ4v) is 5.61. The minimum atomic E-state index is -0.486. The summed E-state index contributed by atoms with van der Waals surface area (Å²) in [7, 11) is 0. The summed E-state index contributed by atoms with van der Waals surface area (Å²) in [6.45, 7) is 10.5. The fraction of sp³-hybridized carbons (Fsp3) is 0.609. The summed E-state index contributed by atoms with van der Waals surface area (Å²) in [5, 5.41) is 21.2. The number of rotatable bonds is 3. The van der Waals surface area contributed by atoms with Crippen molar-refractivity contribution in [3.05, 3.63) is 29.3 Å². The van der Waals surface area contributed by atoms with Crippen molar-refractivity contribution in [3.63, 3.8) is 0 Å². The van der Waals surface area contributed by atoms with Gasteiger partial charge in [-0.15, -0.1) is 0 Å². The van der Waals surface area contributed by atoms with Crippen LogP contribution in [0.25, 0.3) is 0 Å². The predicted octanol–water partition coefficient (Wildman–Crippen LogP) is 5.36. The number of fused-ring (bicyclic) bond motifs is 1. The number of esters is 1. The molecule has 0 bridgehead atoms. The topological polar surface area (TPSA) is 66.8 Å². The lowest BCUT2D eigenvalue weighted by Crippen LogP contribution is -2.50. The standard InChI is InChI=1S/C23H32O4/c1-14-7-6-8-20-22(14,4)12-11-15(2)23(20,5)13-17-18(25)9-10-19(21(17)26)27-16(3)24/h7,9-10,15,20,25-26H,6,8,11-13H2,1-5H3/t15-,20?,22+,23+/m0/s1. The van der Waals surface area contributed by atoms with Crippen LogP contribution in [-0.2, 0) is 11.2 Å². The van der Waals surface area contributed by atoms with Crippen molar-refractivity contribution in [2.24, 2.45) is 22.7 Å². The predicted molar refractivity (Wildman–Crippen MR) is 106 cm³/mol. The van der Waals surface area contributed by atoms with Crippen LogP contribution in [0.15, 0.2) is 23.8 Å². The number of benzene rings is 1. The van der Waals surface area contributed by atoms with Gasteiger partial charge in [-0.25, -0.2) is 0 Å². The average molecular weight is 373 g/mol. The molecule has 148 valence electrons. The molecule has 0 aliphatic heterocycles. The molecule has 4 atom stereocenters. The van der Waals surface area contributed by atoms with Crippen molar-refractivity contribution in [1.82, 2.24) is 0 Å². The molecule has 2 aliphatic rings. The molecule has 1 aromatic rings. The normalized spacial score (nSPS) is 33.1. The molecule has 1 aromatic carbocycles. The molecule has 0 spiro atoms. The van der Waals surface area contributed by atoms with Gasteiger partial charge in [0.05, 0.1) is 0 Å². The quantitative estimate of drug-likeness (QED) is 0.425. The third-order valence-corrected chi connectivity index (χ3v) is 7.63. The number of aromatic hydroxyl groups is 2. The van der Waals surface area contributed by atoms with Gasteiger partial charge >= 0.3 is 5.97 Å². The minimum Gasteiger partial charge on any atom is -0.508 e. The Balaban J connectivity index is 2.03. The smallest absolute Gasteiger partial charge is 0.308 e. The van der Waals surface area contributed by atoms with E-state index in [0.717, 1.165) is 19.3 Å². The molecule has 0 radical (unpaired) electrons. The Labute approximate surface area is 162 Å². The second kappa shape index (κ2) is 6.88. The first-order valence-corrected chi connectivity index (χ1v) is 9.99. The monoisotopic (exact) mass is 372 g/mol. The van der Waals surface area contributed by atoms with Gasteiger partial charge in [0.15, 0.2) is 11.5 Å². The molecule has 0 amide bonds. The highest BCUT2D eigenvalue weighted by Crippen LogP contribution is 2.62. The molecule has 2 aliphatic carbocycles. The van der Waals surface area contributed by atoms with Crippen LogP contribution in [0.5, 0.6) is 17.2 Å². The average Bonchev–Trinajstić information content (AvgIpc) is 2.60. The summed E-state index contributed by atoms with van der Waals surface area (Å²) in [6.07, 6.45) is 7.46. The Hall–Kier alpha value is -1.97. The molecule has 27 heavy (non-hydrogen) atoms. The maximum atomic E-state index is 11.3. The Morgan fingerprint density at radius 2 is 1.96 bits per heavy atom. The van der Waals surface area contributed by atoms with E-state index in [0.29, 0.717) is 23.8 Å². The maximum Gasteiger partial charge on any atom is 0.308 e. The molecule has 4 heteroatoms. The number of allylic oxidation sites excluding steroid dienone is 2. The van der Waals surface area contributed by atoms with Crippen LogP contribution in [0, 0.1) is 22.7 Å². The number of hydrogen-bond acceptors (Lipinski definition) is 4. The molecule has 0 saturated heterocycles. The van der Waals surface area contributed by atoms with Gasteiger partial charge in [0.25, 0.3) is 0 Å². The van der Waals surface area contributed by atoms with E-state index in [4.69, 9.17) is 4.74 Å². The number of carbonyl (C=O) groups is 1. The fourth-order valence-electron chi connectivity index (χ4n) is 5.61. The molecule has 1 fully saturated rings. The van der Waals surface area contributed by atoms with E-state index in [-0.39, 0.29) is 28.1 Å².